The molecule has 5 heteroatoms. The molecule has 2 aromatic rings. The van der Waals surface area contributed by atoms with Crippen molar-refractivity contribution >= 4 is 11.0 Å². The maximum absolute atomic E-state index is 14.0. The third kappa shape index (κ3) is 1.77. The molecule has 0 bridgehead atoms. The van der Waals surface area contributed by atoms with E-state index in [1.165, 1.54) is 6.07 Å². The minimum absolute atomic E-state index is 0.201. The number of likely N-dealkylation sites (N-methyl/N-ethyl adjacent to an activating group) is 1. The number of ether oxygens (including phenoxy) is 1. The van der Waals surface area contributed by atoms with Gasteiger partial charge in [0.05, 0.1) is 24.6 Å². The van der Waals surface area contributed by atoms with Gasteiger partial charge in [-0.05, 0) is 32.0 Å². The summed E-state index contributed by atoms with van der Waals surface area (Å²) in [5, 5.41) is 3.29. The van der Waals surface area contributed by atoms with Crippen molar-refractivity contribution in [2.24, 2.45) is 0 Å². The number of imidazole rings is 1. The van der Waals surface area contributed by atoms with Crippen molar-refractivity contribution in [3.8, 4) is 0 Å². The van der Waals surface area contributed by atoms with Crippen LogP contribution in [0.3, 0.4) is 0 Å². The second-order valence-corrected chi connectivity index (χ2v) is 5.72. The highest BCUT2D eigenvalue weighted by Gasteiger charge is 2.37. The summed E-state index contributed by atoms with van der Waals surface area (Å²) in [6.45, 7) is 1.35. The van der Waals surface area contributed by atoms with Gasteiger partial charge in [0.15, 0.2) is 5.82 Å². The Labute approximate surface area is 116 Å². The Kier molecular flexibility index (Phi) is 2.79. The summed E-state index contributed by atoms with van der Waals surface area (Å²) in [5.41, 5.74) is 1.42. The fraction of sp³-hybridized carbons (Fsp3) is 0.533. The number of benzene rings is 1. The molecule has 1 saturated carbocycles. The zero-order valence-corrected chi connectivity index (χ0v) is 11.5. The first-order valence-corrected chi connectivity index (χ1v) is 7.21. The molecule has 2 atom stereocenters. The molecule has 0 radical (unpaired) electrons. The first kappa shape index (κ1) is 12.3. The van der Waals surface area contributed by atoms with Gasteiger partial charge in [-0.2, -0.15) is 0 Å². The van der Waals surface area contributed by atoms with E-state index in [-0.39, 0.29) is 17.8 Å². The van der Waals surface area contributed by atoms with Crippen molar-refractivity contribution in [2.75, 3.05) is 20.3 Å². The predicted octanol–water partition coefficient (Wildman–Crippen LogP) is 2.21. The third-order valence-corrected chi connectivity index (χ3v) is 4.39. The maximum Gasteiger partial charge on any atom is 0.151 e. The summed E-state index contributed by atoms with van der Waals surface area (Å²) in [7, 11) is 1.94. The number of aromatic nitrogens is 2. The highest BCUT2D eigenvalue weighted by atomic mass is 19.1. The van der Waals surface area contributed by atoms with E-state index in [9.17, 15) is 4.39 Å². The van der Waals surface area contributed by atoms with Gasteiger partial charge < -0.3 is 14.6 Å². The fourth-order valence-electron chi connectivity index (χ4n) is 3.17. The number of rotatable bonds is 3. The molecule has 4 nitrogen and oxygen atoms in total. The lowest BCUT2D eigenvalue weighted by Gasteiger charge is -2.18. The molecule has 1 aromatic heterocycles. The van der Waals surface area contributed by atoms with Crippen molar-refractivity contribution in [1.29, 1.82) is 0 Å². The summed E-state index contributed by atoms with van der Waals surface area (Å²) in [6, 6.07) is 5.96. The van der Waals surface area contributed by atoms with Gasteiger partial charge in [-0.15, -0.1) is 0 Å². The summed E-state index contributed by atoms with van der Waals surface area (Å²) >= 11 is 0. The van der Waals surface area contributed by atoms with E-state index in [0.717, 1.165) is 24.2 Å². The van der Waals surface area contributed by atoms with Crippen LogP contribution in [0.1, 0.15) is 30.6 Å². The summed E-state index contributed by atoms with van der Waals surface area (Å²) < 4.78 is 21.8. The van der Waals surface area contributed by atoms with Gasteiger partial charge in [0.1, 0.15) is 11.3 Å². The number of halogens is 1. The first-order valence-electron chi connectivity index (χ1n) is 7.21. The molecule has 1 aromatic carbocycles. The second-order valence-electron chi connectivity index (χ2n) is 5.72. The molecule has 106 valence electrons. The number of hydrogen-bond donors (Lipinski definition) is 1. The Morgan fingerprint density at radius 3 is 2.95 bits per heavy atom. The molecule has 0 amide bonds. The average molecular weight is 275 g/mol. The molecule has 2 fully saturated rings. The summed E-state index contributed by atoms with van der Waals surface area (Å²) in [4.78, 5) is 4.62. The number of hydrogen-bond acceptors (Lipinski definition) is 3. The molecular weight excluding hydrogens is 257 g/mol. The Morgan fingerprint density at radius 2 is 2.20 bits per heavy atom. The molecule has 4 rings (SSSR count). The van der Waals surface area contributed by atoms with Crippen LogP contribution in [0.15, 0.2) is 18.2 Å². The van der Waals surface area contributed by atoms with Gasteiger partial charge in [0.2, 0.25) is 0 Å². The lowest BCUT2D eigenvalue weighted by atomic mass is 10.0. The fourth-order valence-corrected chi connectivity index (χ4v) is 3.17. The topological polar surface area (TPSA) is 39.1 Å². The number of fused-ring (bicyclic) bond motifs is 1. The molecule has 1 N–H and O–H groups in total. The Hall–Kier alpha value is -1.46. The van der Waals surface area contributed by atoms with E-state index in [2.05, 4.69) is 14.9 Å². The molecule has 2 unspecified atom stereocenters. The molecule has 2 aliphatic rings. The average Bonchev–Trinajstić information content (AvgIpc) is 3.04. The van der Waals surface area contributed by atoms with Gasteiger partial charge >= 0.3 is 0 Å². The molecule has 2 heterocycles. The summed E-state index contributed by atoms with van der Waals surface area (Å²) in [5.74, 6) is 0.944. The molecule has 1 aliphatic carbocycles. The quantitative estimate of drug-likeness (QED) is 0.933. The van der Waals surface area contributed by atoms with E-state index in [4.69, 9.17) is 4.74 Å². The standard InChI is InChI=1S/C15H18FN3O/c1-17-12-8-20-7-10(12)15-18-14-11(16)3-2-4-13(14)19(15)9-5-6-9/h2-4,9-10,12,17H,5-8H2,1H3. The molecule has 20 heavy (non-hydrogen) atoms. The second kappa shape index (κ2) is 4.53. The molecule has 1 saturated heterocycles. The minimum Gasteiger partial charge on any atom is -0.379 e. The van der Waals surface area contributed by atoms with Crippen LogP contribution in [0.5, 0.6) is 0 Å². The number of para-hydroxylation sites is 1. The van der Waals surface area contributed by atoms with Crippen molar-refractivity contribution in [1.82, 2.24) is 14.9 Å². The van der Waals surface area contributed by atoms with E-state index < -0.39 is 0 Å². The van der Waals surface area contributed by atoms with Crippen LogP contribution in [-0.2, 0) is 4.74 Å². The van der Waals surface area contributed by atoms with Gasteiger partial charge in [0, 0.05) is 12.1 Å². The maximum atomic E-state index is 14.0. The van der Waals surface area contributed by atoms with E-state index in [0.29, 0.717) is 24.8 Å². The Balaban J connectivity index is 1.90. The highest BCUT2D eigenvalue weighted by molar-refractivity contribution is 5.77. The van der Waals surface area contributed by atoms with Crippen LogP contribution in [0.25, 0.3) is 11.0 Å². The number of nitrogens with zero attached hydrogens (tertiary/aromatic N) is 2. The zero-order chi connectivity index (χ0) is 13.7. The lowest BCUT2D eigenvalue weighted by Crippen LogP contribution is -2.32. The monoisotopic (exact) mass is 275 g/mol. The van der Waals surface area contributed by atoms with Crippen LogP contribution in [-0.4, -0.2) is 35.9 Å². The van der Waals surface area contributed by atoms with E-state index in [1.807, 2.05) is 13.1 Å². The molecular formula is C15H18FN3O. The van der Waals surface area contributed by atoms with Crippen LogP contribution in [0.4, 0.5) is 4.39 Å². The van der Waals surface area contributed by atoms with Gasteiger partial charge in [-0.25, -0.2) is 9.37 Å². The summed E-state index contributed by atoms with van der Waals surface area (Å²) in [6.07, 6.45) is 2.32. The smallest absolute Gasteiger partial charge is 0.151 e. The van der Waals surface area contributed by atoms with E-state index in [1.54, 1.807) is 6.07 Å². The van der Waals surface area contributed by atoms with Gasteiger partial charge in [-0.1, -0.05) is 6.07 Å². The van der Waals surface area contributed by atoms with Crippen LogP contribution < -0.4 is 5.32 Å². The zero-order valence-electron chi connectivity index (χ0n) is 11.5. The predicted molar refractivity (Wildman–Crippen MR) is 74.4 cm³/mol. The third-order valence-electron chi connectivity index (χ3n) is 4.39. The van der Waals surface area contributed by atoms with Crippen LogP contribution in [0.2, 0.25) is 0 Å². The van der Waals surface area contributed by atoms with Crippen molar-refractivity contribution in [3.63, 3.8) is 0 Å². The molecule has 1 aliphatic heterocycles. The minimum atomic E-state index is -0.233. The van der Waals surface area contributed by atoms with Crippen molar-refractivity contribution < 1.29 is 9.13 Å². The highest BCUT2D eigenvalue weighted by Crippen LogP contribution is 2.41. The number of nitrogens with one attached hydrogen (secondary N) is 1. The lowest BCUT2D eigenvalue weighted by molar-refractivity contribution is 0.187. The largest absolute Gasteiger partial charge is 0.379 e. The van der Waals surface area contributed by atoms with Crippen molar-refractivity contribution in [3.05, 3.63) is 29.8 Å². The van der Waals surface area contributed by atoms with Gasteiger partial charge in [-0.3, -0.25) is 0 Å². The van der Waals surface area contributed by atoms with Crippen LogP contribution >= 0.6 is 0 Å². The Morgan fingerprint density at radius 1 is 1.35 bits per heavy atom. The normalized spacial score (nSPS) is 26.5. The Bertz CT molecular complexity index is 650. The van der Waals surface area contributed by atoms with Crippen molar-refractivity contribution in [2.45, 2.75) is 30.8 Å². The SMILES string of the molecule is CNC1COCC1c1nc2c(F)cccc2n1C1CC1. The van der Waals surface area contributed by atoms with E-state index >= 15 is 0 Å². The van der Waals surface area contributed by atoms with Crippen LogP contribution in [0, 0.1) is 5.82 Å². The molecule has 0 spiro atoms. The van der Waals surface area contributed by atoms with Gasteiger partial charge in [0.25, 0.3) is 0 Å². The first-order chi connectivity index (χ1) is 9.79.